The van der Waals surface area contributed by atoms with Crippen molar-refractivity contribution >= 4 is 14.2 Å². The van der Waals surface area contributed by atoms with Crippen molar-refractivity contribution in [1.82, 2.24) is 5.32 Å². The third-order valence-corrected chi connectivity index (χ3v) is 2.50. The molecule has 0 aromatic rings. The SMILES string of the molecule is CCCNC(=O)C(O)C(C)(C)CO[PH](=O)O. The van der Waals surface area contributed by atoms with Gasteiger partial charge in [-0.25, -0.2) is 0 Å². The molecule has 2 atom stereocenters. The molecule has 0 heterocycles. The number of nitrogens with one attached hydrogen (secondary N) is 1. The molecule has 7 heteroatoms. The molecule has 0 radical (unpaired) electrons. The number of aliphatic hydroxyl groups is 1. The molecule has 1 amide bonds. The molecule has 16 heavy (non-hydrogen) atoms. The van der Waals surface area contributed by atoms with Gasteiger partial charge in [-0.05, 0) is 6.42 Å². The van der Waals surface area contributed by atoms with Crippen molar-refractivity contribution in [2.45, 2.75) is 33.3 Å². The minimum atomic E-state index is -3.04. The Labute approximate surface area is 96.0 Å². The second-order valence-corrected chi connectivity index (χ2v) is 5.06. The van der Waals surface area contributed by atoms with Crippen LogP contribution in [0, 0.1) is 5.41 Å². The van der Waals surface area contributed by atoms with Crippen LogP contribution < -0.4 is 5.32 Å². The van der Waals surface area contributed by atoms with Gasteiger partial charge in [-0.3, -0.25) is 9.36 Å². The molecule has 0 aromatic heterocycles. The Bertz CT molecular complexity index is 256. The smallest absolute Gasteiger partial charge is 0.316 e. The highest BCUT2D eigenvalue weighted by Crippen LogP contribution is 2.26. The van der Waals surface area contributed by atoms with Crippen LogP contribution in [0.5, 0.6) is 0 Å². The molecular formula is C9H20NO5P. The summed E-state index contributed by atoms with van der Waals surface area (Å²) in [5.41, 5.74) is -0.902. The first-order valence-electron chi connectivity index (χ1n) is 5.12. The summed E-state index contributed by atoms with van der Waals surface area (Å²) in [6.07, 6.45) is -0.486. The summed E-state index contributed by atoms with van der Waals surface area (Å²) in [6, 6.07) is 0. The van der Waals surface area contributed by atoms with Crippen LogP contribution in [0.3, 0.4) is 0 Å². The Morgan fingerprint density at radius 2 is 2.12 bits per heavy atom. The largest absolute Gasteiger partial charge is 0.383 e. The van der Waals surface area contributed by atoms with E-state index in [4.69, 9.17) is 4.89 Å². The quantitative estimate of drug-likeness (QED) is 0.567. The number of hydrogen-bond acceptors (Lipinski definition) is 4. The van der Waals surface area contributed by atoms with Crippen LogP contribution in [0.25, 0.3) is 0 Å². The average molecular weight is 253 g/mol. The van der Waals surface area contributed by atoms with Crippen LogP contribution in [-0.4, -0.2) is 35.2 Å². The molecule has 0 aliphatic carbocycles. The molecule has 0 rings (SSSR count). The number of hydrogen-bond donors (Lipinski definition) is 3. The van der Waals surface area contributed by atoms with Crippen LogP contribution in [0.15, 0.2) is 0 Å². The molecule has 6 nitrogen and oxygen atoms in total. The first-order chi connectivity index (χ1) is 7.31. The van der Waals surface area contributed by atoms with Gasteiger partial charge in [-0.1, -0.05) is 20.8 Å². The van der Waals surface area contributed by atoms with E-state index in [2.05, 4.69) is 9.84 Å². The van der Waals surface area contributed by atoms with E-state index in [1.807, 2.05) is 6.92 Å². The lowest BCUT2D eigenvalue weighted by molar-refractivity contribution is -0.136. The number of rotatable bonds is 7. The maximum atomic E-state index is 11.4. The Balaban J connectivity index is 4.26. The van der Waals surface area contributed by atoms with Crippen molar-refractivity contribution in [2.24, 2.45) is 5.41 Å². The van der Waals surface area contributed by atoms with Gasteiger partial charge in [0.25, 0.3) is 0 Å². The van der Waals surface area contributed by atoms with Crippen molar-refractivity contribution in [2.75, 3.05) is 13.2 Å². The second kappa shape index (κ2) is 7.01. The number of amides is 1. The second-order valence-electron chi connectivity index (χ2n) is 4.24. The Kier molecular flexibility index (Phi) is 6.83. The van der Waals surface area contributed by atoms with Gasteiger partial charge in [0.1, 0.15) is 6.10 Å². The molecule has 0 saturated heterocycles. The minimum absolute atomic E-state index is 0.151. The van der Waals surface area contributed by atoms with Crippen LogP contribution in [0.2, 0.25) is 0 Å². The lowest BCUT2D eigenvalue weighted by Crippen LogP contribution is -2.45. The fourth-order valence-electron chi connectivity index (χ4n) is 1.03. The highest BCUT2D eigenvalue weighted by atomic mass is 31.1. The van der Waals surface area contributed by atoms with Gasteiger partial charge in [0.2, 0.25) is 5.91 Å². The molecule has 0 saturated carbocycles. The molecular weight excluding hydrogens is 233 g/mol. The Hall–Kier alpha value is -0.420. The van der Waals surface area contributed by atoms with Crippen LogP contribution in [0.1, 0.15) is 27.2 Å². The highest BCUT2D eigenvalue weighted by Gasteiger charge is 2.34. The van der Waals surface area contributed by atoms with Crippen LogP contribution >= 0.6 is 8.25 Å². The van der Waals surface area contributed by atoms with Crippen molar-refractivity contribution in [1.29, 1.82) is 0 Å². The molecule has 0 fully saturated rings. The van der Waals surface area contributed by atoms with Crippen molar-refractivity contribution < 1.29 is 23.9 Å². The summed E-state index contributed by atoms with van der Waals surface area (Å²) in [5, 5.41) is 12.3. The summed E-state index contributed by atoms with van der Waals surface area (Å²) < 4.78 is 14.9. The highest BCUT2D eigenvalue weighted by molar-refractivity contribution is 7.32. The molecule has 0 aliphatic heterocycles. The van der Waals surface area contributed by atoms with Gasteiger partial charge in [-0.15, -0.1) is 0 Å². The summed E-state index contributed by atoms with van der Waals surface area (Å²) in [4.78, 5) is 20.0. The molecule has 0 bridgehead atoms. The molecule has 0 aromatic carbocycles. The van der Waals surface area contributed by atoms with Gasteiger partial charge < -0.3 is 19.8 Å². The van der Waals surface area contributed by atoms with Crippen molar-refractivity contribution in [3.8, 4) is 0 Å². The van der Waals surface area contributed by atoms with E-state index in [0.29, 0.717) is 6.54 Å². The van der Waals surface area contributed by atoms with E-state index in [1.165, 1.54) is 0 Å². The predicted octanol–water partition coefficient (Wildman–Crippen LogP) is 0.298. The summed E-state index contributed by atoms with van der Waals surface area (Å²) in [6.45, 7) is 5.42. The fraction of sp³-hybridized carbons (Fsp3) is 0.889. The van der Waals surface area contributed by atoms with E-state index in [9.17, 15) is 14.5 Å². The zero-order chi connectivity index (χ0) is 12.8. The molecule has 96 valence electrons. The first kappa shape index (κ1) is 15.6. The lowest BCUT2D eigenvalue weighted by atomic mass is 9.87. The molecule has 2 unspecified atom stereocenters. The zero-order valence-electron chi connectivity index (χ0n) is 9.82. The average Bonchev–Trinajstić information content (AvgIpc) is 2.22. The van der Waals surface area contributed by atoms with Crippen molar-refractivity contribution in [3.63, 3.8) is 0 Å². The van der Waals surface area contributed by atoms with Gasteiger partial charge in [0.05, 0.1) is 6.61 Å². The van der Waals surface area contributed by atoms with E-state index in [-0.39, 0.29) is 6.61 Å². The van der Waals surface area contributed by atoms with E-state index in [0.717, 1.165) is 6.42 Å². The topological polar surface area (TPSA) is 95.9 Å². The fourth-order valence-corrected chi connectivity index (χ4v) is 1.52. The van der Waals surface area contributed by atoms with Gasteiger partial charge in [0.15, 0.2) is 0 Å². The molecule has 0 spiro atoms. The normalized spacial score (nSPS) is 15.6. The Morgan fingerprint density at radius 1 is 1.56 bits per heavy atom. The Morgan fingerprint density at radius 3 is 2.56 bits per heavy atom. The lowest BCUT2D eigenvalue weighted by Gasteiger charge is -2.28. The molecule has 0 aliphatic rings. The van der Waals surface area contributed by atoms with Gasteiger partial charge in [-0.2, -0.15) is 0 Å². The zero-order valence-corrected chi connectivity index (χ0v) is 10.8. The van der Waals surface area contributed by atoms with E-state index >= 15 is 0 Å². The predicted molar refractivity (Wildman–Crippen MR) is 60.3 cm³/mol. The van der Waals surface area contributed by atoms with Crippen LogP contribution in [-0.2, 0) is 13.9 Å². The third kappa shape index (κ3) is 5.61. The maximum absolute atomic E-state index is 11.4. The van der Waals surface area contributed by atoms with E-state index < -0.39 is 25.7 Å². The summed E-state index contributed by atoms with van der Waals surface area (Å²) >= 11 is 0. The first-order valence-corrected chi connectivity index (χ1v) is 6.39. The van der Waals surface area contributed by atoms with E-state index in [1.54, 1.807) is 13.8 Å². The third-order valence-electron chi connectivity index (χ3n) is 2.11. The van der Waals surface area contributed by atoms with Crippen molar-refractivity contribution in [3.05, 3.63) is 0 Å². The number of carbonyl (C=O) groups is 1. The van der Waals surface area contributed by atoms with Gasteiger partial charge >= 0.3 is 8.25 Å². The standard InChI is InChI=1S/C9H20NO5P/c1-4-5-10-8(12)7(11)9(2,3)6-15-16(13)14/h7,11,16H,4-6H2,1-3H3,(H,10,12)(H,13,14). The summed E-state index contributed by atoms with van der Waals surface area (Å²) in [5.74, 6) is -0.493. The number of aliphatic hydroxyl groups excluding tert-OH is 1. The molecule has 3 N–H and O–H groups in total. The number of carbonyl (C=O) groups excluding carboxylic acids is 1. The van der Waals surface area contributed by atoms with Crippen LogP contribution in [0.4, 0.5) is 0 Å². The minimum Gasteiger partial charge on any atom is -0.383 e. The van der Waals surface area contributed by atoms with Gasteiger partial charge in [0, 0.05) is 12.0 Å². The summed E-state index contributed by atoms with van der Waals surface area (Å²) in [7, 11) is -3.04. The monoisotopic (exact) mass is 253 g/mol. The maximum Gasteiger partial charge on any atom is 0.316 e.